The Morgan fingerprint density at radius 3 is 3.07 bits per heavy atom. The van der Waals surface area contributed by atoms with Gasteiger partial charge in [0, 0.05) is 18.2 Å². The second-order valence-corrected chi connectivity index (χ2v) is 2.95. The van der Waals surface area contributed by atoms with Gasteiger partial charge in [0.2, 0.25) is 5.90 Å². The molecule has 4 nitrogen and oxygen atoms in total. The molecular weight excluding hydrogens is 180 g/mol. The molecular formula is C10H10N2O2. The molecule has 14 heavy (non-hydrogen) atoms. The first-order chi connectivity index (χ1) is 6.81. The smallest absolute Gasteiger partial charge is 0.240 e. The van der Waals surface area contributed by atoms with Crippen LogP contribution in [0.2, 0.25) is 0 Å². The molecule has 72 valence electrons. The average Bonchev–Trinajstić information content (AvgIpc) is 2.39. The minimum Gasteiger partial charge on any atom is -0.508 e. The van der Waals surface area contributed by atoms with Gasteiger partial charge in [-0.05, 0) is 17.7 Å². The third-order valence-corrected chi connectivity index (χ3v) is 2.06. The Hall–Kier alpha value is -1.84. The summed E-state index contributed by atoms with van der Waals surface area (Å²) < 4.78 is 5.08. The van der Waals surface area contributed by atoms with Crippen molar-refractivity contribution in [3.63, 3.8) is 0 Å². The molecule has 0 amide bonds. The number of ether oxygens (including phenoxy) is 1. The normalized spacial score (nSPS) is 14.2. The summed E-state index contributed by atoms with van der Waals surface area (Å²) in [6.07, 6.45) is 2.41. The minimum absolute atomic E-state index is 0.204. The maximum Gasteiger partial charge on any atom is 0.240 e. The first-order valence-electron chi connectivity index (χ1n) is 4.27. The van der Waals surface area contributed by atoms with Crippen molar-refractivity contribution in [1.82, 2.24) is 0 Å². The summed E-state index contributed by atoms with van der Waals surface area (Å²) in [5.74, 6) is 0.639. The Labute approximate surface area is 81.6 Å². The van der Waals surface area contributed by atoms with E-state index < -0.39 is 0 Å². The van der Waals surface area contributed by atoms with Crippen LogP contribution in [0.3, 0.4) is 0 Å². The van der Waals surface area contributed by atoms with Crippen molar-refractivity contribution in [2.75, 3.05) is 7.11 Å². The lowest BCUT2D eigenvalue weighted by Crippen LogP contribution is -2.05. The van der Waals surface area contributed by atoms with Crippen molar-refractivity contribution in [1.29, 1.82) is 0 Å². The van der Waals surface area contributed by atoms with E-state index in [0.717, 1.165) is 11.1 Å². The number of methoxy groups -OCH3 is 1. The Bertz CT molecular complexity index is 411. The number of hydrogen-bond donors (Lipinski definition) is 1. The fraction of sp³-hybridized carbons (Fsp3) is 0.200. The Balaban J connectivity index is 2.56. The predicted molar refractivity (Wildman–Crippen MR) is 53.8 cm³/mol. The molecule has 0 unspecified atom stereocenters. The molecule has 1 aromatic carbocycles. The number of phenols is 1. The summed E-state index contributed by atoms with van der Waals surface area (Å²) in [6, 6.07) is 5.12. The molecule has 0 spiro atoms. The molecule has 0 aliphatic carbocycles. The first-order valence-corrected chi connectivity index (χ1v) is 4.27. The maximum atomic E-state index is 9.34. The van der Waals surface area contributed by atoms with Crippen molar-refractivity contribution >= 4 is 12.1 Å². The molecule has 0 bridgehead atoms. The summed E-state index contributed by atoms with van der Waals surface area (Å²) in [7, 11) is 1.54. The van der Waals surface area contributed by atoms with Crippen LogP contribution >= 0.6 is 0 Å². The zero-order valence-corrected chi connectivity index (χ0v) is 7.77. The van der Waals surface area contributed by atoms with E-state index in [1.54, 1.807) is 18.3 Å². The average molecular weight is 190 g/mol. The summed E-state index contributed by atoms with van der Waals surface area (Å²) in [5.41, 5.74) is 1.84. The fourth-order valence-corrected chi connectivity index (χ4v) is 1.38. The van der Waals surface area contributed by atoms with Gasteiger partial charge < -0.3 is 9.84 Å². The maximum absolute atomic E-state index is 9.34. The highest BCUT2D eigenvalue weighted by Gasteiger charge is 2.12. The molecule has 1 N–H and O–H groups in total. The van der Waals surface area contributed by atoms with Crippen LogP contribution in [0.4, 0.5) is 0 Å². The predicted octanol–water partition coefficient (Wildman–Crippen LogP) is 1.33. The van der Waals surface area contributed by atoms with Gasteiger partial charge in [-0.25, -0.2) is 0 Å². The summed E-state index contributed by atoms with van der Waals surface area (Å²) >= 11 is 0. The van der Waals surface area contributed by atoms with Gasteiger partial charge in [-0.1, -0.05) is 6.07 Å². The van der Waals surface area contributed by atoms with E-state index >= 15 is 0 Å². The van der Waals surface area contributed by atoms with Gasteiger partial charge in [0.05, 0.1) is 7.11 Å². The fourth-order valence-electron chi connectivity index (χ4n) is 1.38. The lowest BCUT2D eigenvalue weighted by atomic mass is 10.0. The summed E-state index contributed by atoms with van der Waals surface area (Å²) in [6.45, 7) is 0. The quantitative estimate of drug-likeness (QED) is 0.670. The van der Waals surface area contributed by atoms with Crippen molar-refractivity contribution in [2.24, 2.45) is 10.2 Å². The first kappa shape index (κ1) is 8.74. The second kappa shape index (κ2) is 3.49. The lowest BCUT2D eigenvalue weighted by Gasteiger charge is -2.07. The van der Waals surface area contributed by atoms with E-state index in [1.807, 2.05) is 6.07 Å². The number of nitrogens with zero attached hydrogens (tertiary/aromatic N) is 2. The van der Waals surface area contributed by atoms with Gasteiger partial charge in [-0.15, -0.1) is 5.10 Å². The number of aromatic hydroxyl groups is 1. The van der Waals surface area contributed by atoms with Crippen LogP contribution in [0.15, 0.2) is 28.4 Å². The SMILES string of the molecule is COC1=NN=CCc2ccc(O)cc21. The van der Waals surface area contributed by atoms with Crippen LogP contribution in [-0.4, -0.2) is 24.3 Å². The van der Waals surface area contributed by atoms with Crippen LogP contribution in [0.25, 0.3) is 0 Å². The molecule has 0 fully saturated rings. The zero-order chi connectivity index (χ0) is 9.97. The van der Waals surface area contributed by atoms with E-state index in [9.17, 15) is 5.11 Å². The molecule has 4 heteroatoms. The van der Waals surface area contributed by atoms with Crippen molar-refractivity contribution in [2.45, 2.75) is 6.42 Å². The third kappa shape index (κ3) is 1.46. The number of benzene rings is 1. The molecule has 2 rings (SSSR count). The molecule has 1 aliphatic heterocycles. The van der Waals surface area contributed by atoms with Gasteiger partial charge in [0.1, 0.15) is 5.75 Å². The van der Waals surface area contributed by atoms with Crippen LogP contribution in [0, 0.1) is 0 Å². The van der Waals surface area contributed by atoms with Crippen molar-refractivity contribution in [3.05, 3.63) is 29.3 Å². The number of phenolic OH excluding ortho intramolecular Hbond substituents is 1. The Morgan fingerprint density at radius 2 is 2.29 bits per heavy atom. The second-order valence-electron chi connectivity index (χ2n) is 2.95. The topological polar surface area (TPSA) is 54.2 Å². The minimum atomic E-state index is 0.204. The molecule has 0 radical (unpaired) electrons. The summed E-state index contributed by atoms with van der Waals surface area (Å²) in [4.78, 5) is 0. The van der Waals surface area contributed by atoms with Crippen LogP contribution in [0.1, 0.15) is 11.1 Å². The number of fused-ring (bicyclic) bond motifs is 1. The van der Waals surface area contributed by atoms with Crippen LogP contribution in [0.5, 0.6) is 5.75 Å². The lowest BCUT2D eigenvalue weighted by molar-refractivity contribution is 0.402. The molecule has 1 heterocycles. The van der Waals surface area contributed by atoms with Gasteiger partial charge in [0.25, 0.3) is 0 Å². The van der Waals surface area contributed by atoms with E-state index in [1.165, 1.54) is 7.11 Å². The standard InChI is InChI=1S/C10H10N2O2/c1-14-10-9-6-8(13)3-2-7(9)4-5-11-12-10/h2-3,5-6,13H,4H2,1H3. The molecule has 1 aromatic rings. The molecule has 0 aromatic heterocycles. The van der Waals surface area contributed by atoms with Gasteiger partial charge in [-0.2, -0.15) is 5.10 Å². The monoisotopic (exact) mass is 190 g/mol. The number of rotatable bonds is 0. The highest BCUT2D eigenvalue weighted by Crippen LogP contribution is 2.19. The molecule has 1 aliphatic rings. The molecule has 0 saturated heterocycles. The number of hydrogen-bond acceptors (Lipinski definition) is 4. The van der Waals surface area contributed by atoms with E-state index in [-0.39, 0.29) is 5.75 Å². The van der Waals surface area contributed by atoms with Crippen molar-refractivity contribution in [3.8, 4) is 5.75 Å². The van der Waals surface area contributed by atoms with Gasteiger partial charge >= 0.3 is 0 Å². The largest absolute Gasteiger partial charge is 0.508 e. The highest BCUT2D eigenvalue weighted by molar-refractivity contribution is 5.97. The third-order valence-electron chi connectivity index (χ3n) is 2.06. The van der Waals surface area contributed by atoms with Gasteiger partial charge in [0.15, 0.2) is 0 Å². The van der Waals surface area contributed by atoms with Crippen LogP contribution in [-0.2, 0) is 11.2 Å². The van der Waals surface area contributed by atoms with E-state index in [0.29, 0.717) is 12.3 Å². The van der Waals surface area contributed by atoms with Crippen LogP contribution < -0.4 is 0 Å². The Kier molecular flexibility index (Phi) is 2.18. The molecule has 0 saturated carbocycles. The van der Waals surface area contributed by atoms with Gasteiger partial charge in [-0.3, -0.25) is 0 Å². The zero-order valence-electron chi connectivity index (χ0n) is 7.77. The summed E-state index contributed by atoms with van der Waals surface area (Å²) in [5, 5.41) is 17.0. The Morgan fingerprint density at radius 1 is 1.43 bits per heavy atom. The van der Waals surface area contributed by atoms with Crippen molar-refractivity contribution < 1.29 is 9.84 Å². The highest BCUT2D eigenvalue weighted by atomic mass is 16.5. The van der Waals surface area contributed by atoms with E-state index in [4.69, 9.17) is 4.74 Å². The molecule has 0 atom stereocenters. The van der Waals surface area contributed by atoms with E-state index in [2.05, 4.69) is 10.2 Å².